The number of nitro benzene ring substituents is 1. The Labute approximate surface area is 151 Å². The molecular weight excluding hydrogens is 369 g/mol. The third-order valence-corrected chi connectivity index (χ3v) is 3.51. The van der Waals surface area contributed by atoms with Crippen molar-refractivity contribution in [2.45, 2.75) is 19.2 Å². The number of nitro groups is 1. The fraction of sp³-hybridized carbons (Fsp3) is 0.235. The average molecular weight is 384 g/mol. The molecule has 0 aliphatic heterocycles. The lowest BCUT2D eigenvalue weighted by atomic mass is 10.1. The highest BCUT2D eigenvalue weighted by atomic mass is 19.4. The molecule has 10 heteroatoms. The van der Waals surface area contributed by atoms with E-state index in [1.807, 2.05) is 0 Å². The number of alkyl halides is 3. The Balaban J connectivity index is 2.13. The maximum Gasteiger partial charge on any atom is 0.423 e. The number of carbonyl (C=O) groups excluding carboxylic acids is 1. The van der Waals surface area contributed by atoms with E-state index in [0.717, 1.165) is 6.07 Å². The van der Waals surface area contributed by atoms with E-state index in [9.17, 15) is 28.1 Å². The Kier molecular flexibility index (Phi) is 5.88. The van der Waals surface area contributed by atoms with Gasteiger partial charge in [0, 0.05) is 11.8 Å². The van der Waals surface area contributed by atoms with Crippen molar-refractivity contribution in [1.29, 1.82) is 0 Å². The standard InChI is InChI=1S/C17H15F3N2O5/c1-10(27-13-6-4-12(26-2)5-7-13)16(23)21-11-3-8-15(22(24)25)14(9-11)17(18,19)20/h3-10H,1-2H3,(H,21,23). The number of hydrogen-bond donors (Lipinski definition) is 1. The summed E-state index contributed by atoms with van der Waals surface area (Å²) in [4.78, 5) is 21.8. The highest BCUT2D eigenvalue weighted by molar-refractivity contribution is 5.94. The number of benzene rings is 2. The van der Waals surface area contributed by atoms with Crippen LogP contribution < -0.4 is 14.8 Å². The molecule has 0 saturated heterocycles. The Morgan fingerprint density at radius 1 is 1.15 bits per heavy atom. The van der Waals surface area contributed by atoms with E-state index in [1.54, 1.807) is 24.3 Å². The zero-order chi connectivity index (χ0) is 20.2. The Hall–Kier alpha value is -3.30. The first-order valence-electron chi connectivity index (χ1n) is 7.59. The van der Waals surface area contributed by atoms with Gasteiger partial charge in [0.05, 0.1) is 12.0 Å². The molecule has 27 heavy (non-hydrogen) atoms. The molecule has 0 bridgehead atoms. The van der Waals surface area contributed by atoms with Gasteiger partial charge >= 0.3 is 6.18 Å². The van der Waals surface area contributed by atoms with Gasteiger partial charge in [0.2, 0.25) is 0 Å². The molecule has 2 aromatic carbocycles. The second-order valence-corrected chi connectivity index (χ2v) is 5.41. The van der Waals surface area contributed by atoms with Crippen LogP contribution in [0.5, 0.6) is 11.5 Å². The van der Waals surface area contributed by atoms with Gasteiger partial charge in [0.25, 0.3) is 11.6 Å². The highest BCUT2D eigenvalue weighted by Crippen LogP contribution is 2.37. The number of nitrogens with one attached hydrogen (secondary N) is 1. The van der Waals surface area contributed by atoms with Gasteiger partial charge < -0.3 is 14.8 Å². The summed E-state index contributed by atoms with van der Waals surface area (Å²) in [6.07, 6.45) is -5.96. The number of methoxy groups -OCH3 is 1. The van der Waals surface area contributed by atoms with Crippen molar-refractivity contribution in [3.05, 3.63) is 58.1 Å². The topological polar surface area (TPSA) is 90.7 Å². The summed E-state index contributed by atoms with van der Waals surface area (Å²) in [6, 6.07) is 8.58. The second-order valence-electron chi connectivity index (χ2n) is 5.41. The molecule has 0 saturated carbocycles. The molecule has 1 N–H and O–H groups in total. The van der Waals surface area contributed by atoms with E-state index in [1.165, 1.54) is 14.0 Å². The number of ether oxygens (including phenoxy) is 2. The van der Waals surface area contributed by atoms with Crippen molar-refractivity contribution in [2.24, 2.45) is 0 Å². The SMILES string of the molecule is COc1ccc(OC(C)C(=O)Nc2ccc([N+](=O)[O-])c(C(F)(F)F)c2)cc1. The van der Waals surface area contributed by atoms with Crippen LogP contribution in [0.2, 0.25) is 0 Å². The minimum Gasteiger partial charge on any atom is -0.497 e. The van der Waals surface area contributed by atoms with Crippen molar-refractivity contribution in [1.82, 2.24) is 0 Å². The quantitative estimate of drug-likeness (QED) is 0.600. The summed E-state index contributed by atoms with van der Waals surface area (Å²) in [6.45, 7) is 1.41. The molecule has 2 aromatic rings. The third-order valence-electron chi connectivity index (χ3n) is 3.51. The predicted octanol–water partition coefficient (Wildman–Crippen LogP) is 4.03. The number of amides is 1. The lowest BCUT2D eigenvalue weighted by Gasteiger charge is -2.16. The first kappa shape index (κ1) is 20.0. The molecule has 0 heterocycles. The summed E-state index contributed by atoms with van der Waals surface area (Å²) in [5.74, 6) is 0.232. The van der Waals surface area contributed by atoms with Crippen LogP contribution >= 0.6 is 0 Å². The monoisotopic (exact) mass is 384 g/mol. The van der Waals surface area contributed by atoms with Crippen molar-refractivity contribution in [2.75, 3.05) is 12.4 Å². The Morgan fingerprint density at radius 2 is 1.74 bits per heavy atom. The van der Waals surface area contributed by atoms with Crippen LogP contribution in [-0.2, 0) is 11.0 Å². The van der Waals surface area contributed by atoms with Crippen LogP contribution in [0.4, 0.5) is 24.5 Å². The van der Waals surface area contributed by atoms with Gasteiger partial charge in [0.1, 0.15) is 17.1 Å². The van der Waals surface area contributed by atoms with Gasteiger partial charge in [-0.2, -0.15) is 13.2 Å². The smallest absolute Gasteiger partial charge is 0.423 e. The van der Waals surface area contributed by atoms with E-state index >= 15 is 0 Å². The van der Waals surface area contributed by atoms with Crippen molar-refractivity contribution in [3.8, 4) is 11.5 Å². The number of halogens is 3. The van der Waals surface area contributed by atoms with Crippen molar-refractivity contribution >= 4 is 17.3 Å². The molecular formula is C17H15F3N2O5. The van der Waals surface area contributed by atoms with E-state index in [0.29, 0.717) is 23.6 Å². The zero-order valence-electron chi connectivity index (χ0n) is 14.2. The lowest BCUT2D eigenvalue weighted by Crippen LogP contribution is -2.30. The predicted molar refractivity (Wildman–Crippen MR) is 89.8 cm³/mol. The first-order valence-corrected chi connectivity index (χ1v) is 7.59. The summed E-state index contributed by atoms with van der Waals surface area (Å²) in [7, 11) is 1.49. The molecule has 0 aromatic heterocycles. The molecule has 1 amide bonds. The molecule has 0 fully saturated rings. The molecule has 1 atom stereocenters. The molecule has 0 aliphatic carbocycles. The van der Waals surface area contributed by atoms with Gasteiger partial charge in [-0.15, -0.1) is 0 Å². The largest absolute Gasteiger partial charge is 0.497 e. The molecule has 7 nitrogen and oxygen atoms in total. The van der Waals surface area contributed by atoms with Crippen LogP contribution in [0.3, 0.4) is 0 Å². The van der Waals surface area contributed by atoms with Crippen LogP contribution in [0.1, 0.15) is 12.5 Å². The number of hydrogen-bond acceptors (Lipinski definition) is 5. The van der Waals surface area contributed by atoms with Crippen LogP contribution in [-0.4, -0.2) is 24.0 Å². The summed E-state index contributed by atoms with van der Waals surface area (Å²) in [5.41, 5.74) is -2.78. The Bertz CT molecular complexity index is 837. The number of carbonyl (C=O) groups is 1. The molecule has 144 valence electrons. The van der Waals surface area contributed by atoms with Gasteiger partial charge in [-0.05, 0) is 43.3 Å². The maximum absolute atomic E-state index is 13.0. The highest BCUT2D eigenvalue weighted by Gasteiger charge is 2.38. The Morgan fingerprint density at radius 3 is 2.26 bits per heavy atom. The van der Waals surface area contributed by atoms with Crippen molar-refractivity contribution in [3.63, 3.8) is 0 Å². The third kappa shape index (κ3) is 5.09. The minimum atomic E-state index is -4.94. The fourth-order valence-corrected chi connectivity index (χ4v) is 2.16. The maximum atomic E-state index is 13.0. The van der Waals surface area contributed by atoms with Gasteiger partial charge in [0.15, 0.2) is 6.10 Å². The summed E-state index contributed by atoms with van der Waals surface area (Å²) < 4.78 is 49.3. The molecule has 1 unspecified atom stereocenters. The van der Waals surface area contributed by atoms with Crippen LogP contribution in [0, 0.1) is 10.1 Å². The molecule has 2 rings (SSSR count). The summed E-state index contributed by atoms with van der Waals surface area (Å²) >= 11 is 0. The normalized spacial score (nSPS) is 12.2. The molecule has 0 spiro atoms. The lowest BCUT2D eigenvalue weighted by molar-refractivity contribution is -0.388. The average Bonchev–Trinajstić information content (AvgIpc) is 2.61. The molecule has 0 radical (unpaired) electrons. The van der Waals surface area contributed by atoms with Crippen LogP contribution in [0.25, 0.3) is 0 Å². The number of rotatable bonds is 6. The van der Waals surface area contributed by atoms with Crippen LogP contribution in [0.15, 0.2) is 42.5 Å². The zero-order valence-corrected chi connectivity index (χ0v) is 14.2. The van der Waals surface area contributed by atoms with Gasteiger partial charge in [-0.3, -0.25) is 14.9 Å². The number of nitrogens with zero attached hydrogens (tertiary/aromatic N) is 1. The van der Waals surface area contributed by atoms with E-state index in [2.05, 4.69) is 5.32 Å². The van der Waals surface area contributed by atoms with E-state index in [-0.39, 0.29) is 5.69 Å². The first-order chi connectivity index (χ1) is 12.6. The van der Waals surface area contributed by atoms with Gasteiger partial charge in [-0.25, -0.2) is 0 Å². The second kappa shape index (κ2) is 7.94. The summed E-state index contributed by atoms with van der Waals surface area (Å²) in [5, 5.41) is 13.0. The van der Waals surface area contributed by atoms with E-state index in [4.69, 9.17) is 9.47 Å². The fourth-order valence-electron chi connectivity index (χ4n) is 2.16. The van der Waals surface area contributed by atoms with Gasteiger partial charge in [-0.1, -0.05) is 0 Å². The molecule has 0 aliphatic rings. The van der Waals surface area contributed by atoms with Crippen molar-refractivity contribution < 1.29 is 32.4 Å². The van der Waals surface area contributed by atoms with E-state index < -0.39 is 34.4 Å². The minimum absolute atomic E-state index is 0.233. The number of anilines is 1.